The van der Waals surface area contributed by atoms with Gasteiger partial charge in [0.25, 0.3) is 0 Å². The number of amides is 1. The molecule has 1 aromatic heterocycles. The van der Waals surface area contributed by atoms with Crippen molar-refractivity contribution in [3.63, 3.8) is 0 Å². The van der Waals surface area contributed by atoms with Crippen LogP contribution in [0.15, 0.2) is 18.5 Å². The number of halogens is 1. The van der Waals surface area contributed by atoms with E-state index in [-0.39, 0.29) is 25.0 Å². The van der Waals surface area contributed by atoms with Crippen molar-refractivity contribution < 1.29 is 9.18 Å². The van der Waals surface area contributed by atoms with Crippen LogP contribution in [0.1, 0.15) is 18.0 Å². The molecule has 2 atom stereocenters. The van der Waals surface area contributed by atoms with Crippen LogP contribution in [0.5, 0.6) is 0 Å². The lowest BCUT2D eigenvalue weighted by molar-refractivity contribution is -0.122. The number of pyridine rings is 1. The minimum Gasteiger partial charge on any atom is -0.324 e. The van der Waals surface area contributed by atoms with E-state index in [4.69, 9.17) is 11.5 Å². The number of nitrogens with zero attached hydrogens (tertiary/aromatic N) is 2. The Labute approximate surface area is 152 Å². The Bertz CT molecular complexity index is 622. The first-order chi connectivity index (χ1) is 12.5. The number of nitrogens with one attached hydrogen (secondary N) is 4. The topological polar surface area (TPSA) is 133 Å². The molecule has 9 nitrogen and oxygen atoms in total. The van der Waals surface area contributed by atoms with Crippen LogP contribution in [-0.4, -0.2) is 61.1 Å². The molecule has 0 bridgehead atoms. The van der Waals surface area contributed by atoms with E-state index in [1.54, 1.807) is 12.4 Å². The van der Waals surface area contributed by atoms with Crippen LogP contribution in [0.2, 0.25) is 0 Å². The van der Waals surface area contributed by atoms with Crippen LogP contribution < -0.4 is 32.8 Å². The zero-order valence-corrected chi connectivity index (χ0v) is 14.8. The summed E-state index contributed by atoms with van der Waals surface area (Å²) < 4.78 is 13.3. The fourth-order valence-corrected chi connectivity index (χ4v) is 3.43. The Balaban J connectivity index is 1.73. The van der Waals surface area contributed by atoms with Crippen LogP contribution in [0.3, 0.4) is 0 Å². The molecule has 0 aromatic carbocycles. The van der Waals surface area contributed by atoms with Gasteiger partial charge in [0.05, 0.1) is 30.1 Å². The predicted octanol–water partition coefficient (Wildman–Crippen LogP) is -1.38. The van der Waals surface area contributed by atoms with Gasteiger partial charge in [0.1, 0.15) is 6.17 Å². The number of carbonyl (C=O) groups is 1. The van der Waals surface area contributed by atoms with Gasteiger partial charge in [0, 0.05) is 38.9 Å². The SMILES string of the molecule is CN1CCC(c2ccncc2NC(=O)C(C(N)N)C2NCC(F)CN2)N1. The molecule has 1 amide bonds. The Morgan fingerprint density at radius 1 is 1.42 bits per heavy atom. The zero-order chi connectivity index (χ0) is 18.7. The van der Waals surface area contributed by atoms with E-state index >= 15 is 0 Å². The summed E-state index contributed by atoms with van der Waals surface area (Å²) in [5.74, 6) is -1.09. The number of anilines is 1. The molecule has 2 aliphatic rings. The van der Waals surface area contributed by atoms with Gasteiger partial charge in [-0.05, 0) is 18.1 Å². The molecule has 3 heterocycles. The average Bonchev–Trinajstić information content (AvgIpc) is 3.03. The number of nitrogens with two attached hydrogens (primary N) is 2. The largest absolute Gasteiger partial charge is 0.324 e. The first-order valence-electron chi connectivity index (χ1n) is 8.80. The van der Waals surface area contributed by atoms with Crippen LogP contribution in [0.4, 0.5) is 10.1 Å². The highest BCUT2D eigenvalue weighted by Crippen LogP contribution is 2.28. The fraction of sp³-hybridized carbons (Fsp3) is 0.625. The highest BCUT2D eigenvalue weighted by molar-refractivity contribution is 5.94. The standard InChI is InChI=1S/C16H27FN8O/c1-25-5-3-11(24-25)10-2-4-20-8-12(10)23-16(26)13(14(18)19)15-21-6-9(17)7-22-15/h2,4,8-9,11,13-15,21-22,24H,3,5-7,18-19H2,1H3,(H,23,26). The summed E-state index contributed by atoms with van der Waals surface area (Å²) in [6.07, 6.45) is 1.85. The Morgan fingerprint density at radius 3 is 2.77 bits per heavy atom. The maximum Gasteiger partial charge on any atom is 0.233 e. The highest BCUT2D eigenvalue weighted by atomic mass is 19.1. The molecular weight excluding hydrogens is 339 g/mol. The third-order valence-corrected chi connectivity index (χ3v) is 4.81. The van der Waals surface area contributed by atoms with Gasteiger partial charge < -0.3 is 16.8 Å². The predicted molar refractivity (Wildman–Crippen MR) is 96.3 cm³/mol. The van der Waals surface area contributed by atoms with Gasteiger partial charge in [0.15, 0.2) is 0 Å². The lowest BCUT2D eigenvalue weighted by Crippen LogP contribution is -2.64. The molecule has 8 N–H and O–H groups in total. The van der Waals surface area contributed by atoms with E-state index < -0.39 is 24.4 Å². The average molecular weight is 366 g/mol. The quantitative estimate of drug-likeness (QED) is 0.351. The second-order valence-corrected chi connectivity index (χ2v) is 6.84. The second kappa shape index (κ2) is 8.33. The summed E-state index contributed by atoms with van der Waals surface area (Å²) in [5, 5.41) is 10.8. The molecule has 2 unspecified atom stereocenters. The van der Waals surface area contributed by atoms with Crippen molar-refractivity contribution in [1.29, 1.82) is 0 Å². The van der Waals surface area contributed by atoms with Crippen LogP contribution in [0, 0.1) is 5.92 Å². The van der Waals surface area contributed by atoms with Crippen molar-refractivity contribution in [2.75, 3.05) is 32.0 Å². The fourth-order valence-electron chi connectivity index (χ4n) is 3.43. The molecule has 2 saturated heterocycles. The summed E-state index contributed by atoms with van der Waals surface area (Å²) in [7, 11) is 1.97. The monoisotopic (exact) mass is 366 g/mol. The van der Waals surface area contributed by atoms with Gasteiger partial charge in [0.2, 0.25) is 5.91 Å². The molecule has 26 heavy (non-hydrogen) atoms. The molecule has 0 aliphatic carbocycles. The van der Waals surface area contributed by atoms with Crippen molar-refractivity contribution in [3.05, 3.63) is 24.0 Å². The normalized spacial score (nSPS) is 28.3. The van der Waals surface area contributed by atoms with E-state index in [1.165, 1.54) is 0 Å². The van der Waals surface area contributed by atoms with Crippen molar-refractivity contribution in [2.24, 2.45) is 17.4 Å². The first kappa shape index (κ1) is 19.1. The summed E-state index contributed by atoms with van der Waals surface area (Å²) in [5.41, 5.74) is 16.6. The first-order valence-corrected chi connectivity index (χ1v) is 8.80. The maximum absolute atomic E-state index is 13.3. The number of hydrogen-bond donors (Lipinski definition) is 6. The Kier molecular flexibility index (Phi) is 6.12. The summed E-state index contributed by atoms with van der Waals surface area (Å²) in [4.78, 5) is 17.0. The van der Waals surface area contributed by atoms with Crippen LogP contribution in [0.25, 0.3) is 0 Å². The molecule has 3 rings (SSSR count). The molecule has 0 saturated carbocycles. The van der Waals surface area contributed by atoms with Crippen molar-refractivity contribution >= 4 is 11.6 Å². The van der Waals surface area contributed by atoms with E-state index in [2.05, 4.69) is 26.4 Å². The van der Waals surface area contributed by atoms with E-state index in [0.29, 0.717) is 5.69 Å². The third-order valence-electron chi connectivity index (χ3n) is 4.81. The number of alkyl halides is 1. The highest BCUT2D eigenvalue weighted by Gasteiger charge is 2.35. The summed E-state index contributed by atoms with van der Waals surface area (Å²) >= 11 is 0. The number of aromatic nitrogens is 1. The third kappa shape index (κ3) is 4.34. The van der Waals surface area contributed by atoms with Gasteiger partial charge in [-0.3, -0.25) is 20.4 Å². The van der Waals surface area contributed by atoms with Gasteiger partial charge in [-0.2, -0.15) is 0 Å². The van der Waals surface area contributed by atoms with Crippen molar-refractivity contribution in [3.8, 4) is 0 Å². The maximum atomic E-state index is 13.3. The molecule has 0 spiro atoms. The minimum atomic E-state index is -1.00. The Hall–Kier alpha value is -1.69. The summed E-state index contributed by atoms with van der Waals surface area (Å²) in [6.45, 7) is 1.23. The van der Waals surface area contributed by atoms with Crippen molar-refractivity contribution in [2.45, 2.75) is 31.0 Å². The van der Waals surface area contributed by atoms with E-state index in [1.807, 2.05) is 18.1 Å². The van der Waals surface area contributed by atoms with Gasteiger partial charge in [-0.25, -0.2) is 14.8 Å². The minimum absolute atomic E-state index is 0.0986. The number of carbonyl (C=O) groups excluding carboxylic acids is 1. The molecule has 144 valence electrons. The molecule has 0 radical (unpaired) electrons. The lowest BCUT2D eigenvalue weighted by Gasteiger charge is -2.34. The van der Waals surface area contributed by atoms with E-state index in [9.17, 15) is 9.18 Å². The van der Waals surface area contributed by atoms with Gasteiger partial charge in [-0.1, -0.05) is 0 Å². The number of rotatable bonds is 5. The summed E-state index contributed by atoms with van der Waals surface area (Å²) in [6, 6.07) is 1.98. The second-order valence-electron chi connectivity index (χ2n) is 6.84. The molecule has 2 fully saturated rings. The molecule has 10 heteroatoms. The van der Waals surface area contributed by atoms with Gasteiger partial charge >= 0.3 is 0 Å². The number of hydrogen-bond acceptors (Lipinski definition) is 8. The lowest BCUT2D eigenvalue weighted by atomic mass is 9.99. The molecular formula is C16H27FN8O. The Morgan fingerprint density at radius 2 is 2.15 bits per heavy atom. The molecule has 1 aromatic rings. The molecule has 2 aliphatic heterocycles. The van der Waals surface area contributed by atoms with E-state index in [0.717, 1.165) is 18.5 Å². The van der Waals surface area contributed by atoms with Crippen molar-refractivity contribution in [1.82, 2.24) is 26.1 Å². The number of hydrazine groups is 1. The van der Waals surface area contributed by atoms with Gasteiger partial charge in [-0.15, -0.1) is 0 Å². The smallest absolute Gasteiger partial charge is 0.233 e. The van der Waals surface area contributed by atoms with Crippen LogP contribution >= 0.6 is 0 Å². The van der Waals surface area contributed by atoms with Crippen LogP contribution in [-0.2, 0) is 4.79 Å². The zero-order valence-electron chi connectivity index (χ0n) is 14.8.